The Balaban J connectivity index is 1.35. The molecule has 1 aliphatic heterocycles. The normalized spacial score (nSPS) is 17.5. The molecule has 6 nitrogen and oxygen atoms in total. The SMILES string of the molecule is CC1(C)OB(C(=Cc2ccc(C(F)(F)F)cc2C=O)CNC(=O)OCC2c3ccccc3-c3ccccc32)OC1(C)C. The number of hydrogen-bond donors (Lipinski definition) is 1. The van der Waals surface area contributed by atoms with E-state index < -0.39 is 36.2 Å². The quantitative estimate of drug-likeness (QED) is 0.240. The summed E-state index contributed by atoms with van der Waals surface area (Å²) in [5, 5.41) is 2.72. The molecule has 218 valence electrons. The van der Waals surface area contributed by atoms with Crippen LogP contribution >= 0.6 is 0 Å². The third-order valence-electron chi connectivity index (χ3n) is 8.22. The number of hydrogen-bond acceptors (Lipinski definition) is 5. The van der Waals surface area contributed by atoms with Crippen LogP contribution in [0.2, 0.25) is 0 Å². The van der Waals surface area contributed by atoms with Crippen molar-refractivity contribution in [3.8, 4) is 11.1 Å². The predicted octanol–water partition coefficient (Wildman–Crippen LogP) is 7.07. The van der Waals surface area contributed by atoms with E-state index in [1.165, 1.54) is 12.1 Å². The van der Waals surface area contributed by atoms with Crippen LogP contribution < -0.4 is 5.32 Å². The first kappa shape index (κ1) is 29.6. The molecule has 1 fully saturated rings. The van der Waals surface area contributed by atoms with Gasteiger partial charge in [0.25, 0.3) is 0 Å². The van der Waals surface area contributed by atoms with Crippen LogP contribution in [0.1, 0.15) is 66.2 Å². The second kappa shape index (κ2) is 11.1. The molecule has 1 amide bonds. The maximum absolute atomic E-state index is 13.2. The van der Waals surface area contributed by atoms with Gasteiger partial charge in [0.1, 0.15) is 6.61 Å². The van der Waals surface area contributed by atoms with E-state index >= 15 is 0 Å². The Bertz CT molecular complexity index is 1490. The van der Waals surface area contributed by atoms with Gasteiger partial charge in [-0.2, -0.15) is 13.2 Å². The molecule has 1 aliphatic carbocycles. The van der Waals surface area contributed by atoms with E-state index in [9.17, 15) is 22.8 Å². The summed E-state index contributed by atoms with van der Waals surface area (Å²) >= 11 is 0. The lowest BCUT2D eigenvalue weighted by molar-refractivity contribution is -0.137. The largest absolute Gasteiger partial charge is 0.492 e. The van der Waals surface area contributed by atoms with Crippen LogP contribution in [0.4, 0.5) is 18.0 Å². The van der Waals surface area contributed by atoms with Crippen molar-refractivity contribution in [1.29, 1.82) is 0 Å². The number of nitrogens with one attached hydrogen (secondary N) is 1. The summed E-state index contributed by atoms with van der Waals surface area (Å²) in [6.07, 6.45) is -3.40. The Morgan fingerprint density at radius 2 is 1.50 bits per heavy atom. The van der Waals surface area contributed by atoms with Crippen molar-refractivity contribution < 1.29 is 36.8 Å². The first-order valence-corrected chi connectivity index (χ1v) is 13.6. The number of amides is 1. The number of ether oxygens (including phenoxy) is 1. The van der Waals surface area contributed by atoms with Gasteiger partial charge in [0.2, 0.25) is 0 Å². The molecule has 0 radical (unpaired) electrons. The summed E-state index contributed by atoms with van der Waals surface area (Å²) in [7, 11) is -0.925. The van der Waals surface area contributed by atoms with Gasteiger partial charge in [-0.15, -0.1) is 0 Å². The highest BCUT2D eigenvalue weighted by Crippen LogP contribution is 2.44. The second-order valence-corrected chi connectivity index (χ2v) is 11.4. The van der Waals surface area contributed by atoms with Gasteiger partial charge in [0, 0.05) is 18.0 Å². The lowest BCUT2D eigenvalue weighted by Crippen LogP contribution is -2.41. The van der Waals surface area contributed by atoms with Gasteiger partial charge in [-0.3, -0.25) is 4.79 Å². The maximum atomic E-state index is 13.2. The van der Waals surface area contributed by atoms with E-state index in [2.05, 4.69) is 5.32 Å². The topological polar surface area (TPSA) is 73.9 Å². The summed E-state index contributed by atoms with van der Waals surface area (Å²) in [5.41, 5.74) is 2.49. The Hall–Kier alpha value is -3.89. The fourth-order valence-electron chi connectivity index (χ4n) is 5.20. The highest BCUT2D eigenvalue weighted by molar-refractivity contribution is 6.56. The van der Waals surface area contributed by atoms with Crippen LogP contribution in [0.5, 0.6) is 0 Å². The van der Waals surface area contributed by atoms with Gasteiger partial charge < -0.3 is 19.4 Å². The number of aldehydes is 1. The number of fused-ring (bicyclic) bond motifs is 3. The van der Waals surface area contributed by atoms with E-state index in [1.807, 2.05) is 76.2 Å². The average Bonchev–Trinajstić information content (AvgIpc) is 3.38. The van der Waals surface area contributed by atoms with Crippen LogP contribution in [0, 0.1) is 0 Å². The van der Waals surface area contributed by atoms with Crippen LogP contribution in [0.25, 0.3) is 17.2 Å². The summed E-state index contributed by atoms with van der Waals surface area (Å²) in [6.45, 7) is 7.46. The molecule has 0 aromatic heterocycles. The fourth-order valence-corrected chi connectivity index (χ4v) is 5.20. The highest BCUT2D eigenvalue weighted by Gasteiger charge is 2.52. The first-order chi connectivity index (χ1) is 19.8. The molecule has 0 bridgehead atoms. The summed E-state index contributed by atoms with van der Waals surface area (Å²) in [6, 6.07) is 18.9. The molecule has 0 spiro atoms. The molecular weight excluding hydrogens is 546 g/mol. The zero-order valence-corrected chi connectivity index (χ0v) is 23.7. The molecule has 2 aliphatic rings. The van der Waals surface area contributed by atoms with Crippen LogP contribution in [-0.4, -0.2) is 43.9 Å². The molecular formula is C32H31BF3NO5. The van der Waals surface area contributed by atoms with Gasteiger partial charge in [-0.1, -0.05) is 60.7 Å². The van der Waals surface area contributed by atoms with Crippen molar-refractivity contribution >= 4 is 25.6 Å². The number of alkyl carbamates (subject to hydrolysis) is 1. The van der Waals surface area contributed by atoms with Crippen LogP contribution in [0.15, 0.2) is 72.2 Å². The van der Waals surface area contributed by atoms with Gasteiger partial charge in [-0.05, 0) is 73.1 Å². The van der Waals surface area contributed by atoms with Crippen LogP contribution in [-0.2, 0) is 20.2 Å². The Labute approximate surface area is 243 Å². The number of carbonyl (C=O) groups is 2. The molecule has 10 heteroatoms. The molecule has 3 aromatic rings. The standard InChI is InChI=1S/C32H31BF3NO5/c1-30(2)31(3,4)42-33(41-30)23(16-20-13-14-22(32(34,35)36)15-21(20)18-38)17-37-29(39)40-19-28-26-11-7-5-9-24(26)25-10-6-8-12-27(25)28/h5-16,18,28H,17,19H2,1-4H3,(H,37,39). The number of alkyl halides is 3. The Kier molecular flexibility index (Phi) is 7.81. The van der Waals surface area contributed by atoms with Gasteiger partial charge in [-0.25, -0.2) is 4.79 Å². The van der Waals surface area contributed by atoms with E-state index in [4.69, 9.17) is 14.0 Å². The third kappa shape index (κ3) is 5.74. The maximum Gasteiger partial charge on any atom is 0.492 e. The zero-order chi connectivity index (χ0) is 30.3. The predicted molar refractivity (Wildman–Crippen MR) is 154 cm³/mol. The van der Waals surface area contributed by atoms with Crippen molar-refractivity contribution in [2.45, 2.75) is 51.0 Å². The molecule has 3 aromatic carbocycles. The van der Waals surface area contributed by atoms with Gasteiger partial charge >= 0.3 is 19.4 Å². The lowest BCUT2D eigenvalue weighted by Gasteiger charge is -2.32. The summed E-state index contributed by atoms with van der Waals surface area (Å²) in [4.78, 5) is 24.6. The van der Waals surface area contributed by atoms with Crippen molar-refractivity contribution in [2.24, 2.45) is 0 Å². The lowest BCUT2D eigenvalue weighted by atomic mass is 9.76. The minimum Gasteiger partial charge on any atom is -0.449 e. The smallest absolute Gasteiger partial charge is 0.449 e. The monoisotopic (exact) mass is 577 g/mol. The van der Waals surface area contributed by atoms with Crippen molar-refractivity contribution in [1.82, 2.24) is 5.32 Å². The number of rotatable bonds is 7. The average molecular weight is 577 g/mol. The van der Waals surface area contributed by atoms with Gasteiger partial charge in [0.15, 0.2) is 6.29 Å². The van der Waals surface area contributed by atoms with Gasteiger partial charge in [0.05, 0.1) is 16.8 Å². The fraction of sp³-hybridized carbons (Fsp3) is 0.312. The second-order valence-electron chi connectivity index (χ2n) is 11.4. The molecule has 1 saturated heterocycles. The van der Waals surface area contributed by atoms with Crippen molar-refractivity contribution in [2.75, 3.05) is 13.2 Å². The molecule has 5 rings (SSSR count). The molecule has 1 N–H and O–H groups in total. The molecule has 0 atom stereocenters. The number of benzene rings is 3. The summed E-state index contributed by atoms with van der Waals surface area (Å²) < 4.78 is 57.7. The highest BCUT2D eigenvalue weighted by atomic mass is 19.4. The van der Waals surface area contributed by atoms with Crippen molar-refractivity contribution in [3.05, 3.63) is 100 Å². The van der Waals surface area contributed by atoms with Crippen LogP contribution in [0.3, 0.4) is 0 Å². The zero-order valence-electron chi connectivity index (χ0n) is 23.7. The molecule has 0 saturated carbocycles. The first-order valence-electron chi connectivity index (χ1n) is 13.6. The minimum atomic E-state index is -4.60. The van der Waals surface area contributed by atoms with E-state index in [0.717, 1.165) is 34.4 Å². The minimum absolute atomic E-state index is 0.0905. The van der Waals surface area contributed by atoms with E-state index in [1.54, 1.807) is 0 Å². The number of halogens is 3. The Morgan fingerprint density at radius 1 is 0.929 bits per heavy atom. The Morgan fingerprint density at radius 3 is 2.05 bits per heavy atom. The molecule has 0 unspecified atom stereocenters. The summed E-state index contributed by atoms with van der Waals surface area (Å²) in [5.74, 6) is -0.122. The molecule has 42 heavy (non-hydrogen) atoms. The molecule has 1 heterocycles. The van der Waals surface area contributed by atoms with E-state index in [-0.39, 0.29) is 30.2 Å². The third-order valence-corrected chi connectivity index (χ3v) is 8.22. The van der Waals surface area contributed by atoms with Crippen molar-refractivity contribution in [3.63, 3.8) is 0 Å². The van der Waals surface area contributed by atoms with E-state index in [0.29, 0.717) is 11.8 Å². The number of carbonyl (C=O) groups excluding carboxylic acids is 2.